The smallest absolute Gasteiger partial charge is 0.338 e. The van der Waals surface area contributed by atoms with Crippen LogP contribution in [0.5, 0.6) is 0 Å². The summed E-state index contributed by atoms with van der Waals surface area (Å²) < 4.78 is 33.2. The minimum absolute atomic E-state index is 0.0593. The van der Waals surface area contributed by atoms with E-state index < -0.39 is 11.6 Å². The Morgan fingerprint density at radius 1 is 1.08 bits per heavy atom. The fourth-order valence-electron chi connectivity index (χ4n) is 3.41. The van der Waals surface area contributed by atoms with Gasteiger partial charge in [0.2, 0.25) is 0 Å². The van der Waals surface area contributed by atoms with Gasteiger partial charge < -0.3 is 4.74 Å². The van der Waals surface area contributed by atoms with Crippen LogP contribution in [0.2, 0.25) is 0 Å². The molecule has 0 heterocycles. The molecule has 2 nitrogen and oxygen atoms in total. The maximum atomic E-state index is 13.8. The molecule has 0 saturated heterocycles. The highest BCUT2D eigenvalue weighted by molar-refractivity contribution is 7.15. The van der Waals surface area contributed by atoms with Gasteiger partial charge in [0.05, 0.1) is 5.56 Å². The standard InChI is InChI=1S/C21H23F2O2P/c1-13-19(22)10-17(11-20(13)23)15-6-8-18(9-7-15)25-21(24)16-4-2-14(12-26)3-5-16/h2-5,10-11,15,18H,6-9,12,26H2,1H3. The summed E-state index contributed by atoms with van der Waals surface area (Å²) in [5, 5.41) is 0. The highest BCUT2D eigenvalue weighted by Gasteiger charge is 2.26. The van der Waals surface area contributed by atoms with Crippen LogP contribution < -0.4 is 0 Å². The topological polar surface area (TPSA) is 26.3 Å². The van der Waals surface area contributed by atoms with Crippen molar-refractivity contribution in [2.45, 2.75) is 50.8 Å². The third-order valence-corrected chi connectivity index (χ3v) is 5.62. The summed E-state index contributed by atoms with van der Waals surface area (Å²) >= 11 is 0. The lowest BCUT2D eigenvalue weighted by atomic mass is 9.82. The molecule has 0 aromatic heterocycles. The van der Waals surface area contributed by atoms with Gasteiger partial charge in [0.1, 0.15) is 17.7 Å². The zero-order valence-corrected chi connectivity index (χ0v) is 16.0. The van der Waals surface area contributed by atoms with Crippen LogP contribution >= 0.6 is 9.24 Å². The van der Waals surface area contributed by atoms with Crippen molar-refractivity contribution in [3.05, 3.63) is 70.3 Å². The van der Waals surface area contributed by atoms with Gasteiger partial charge in [-0.25, -0.2) is 13.6 Å². The molecule has 1 unspecified atom stereocenters. The van der Waals surface area contributed by atoms with E-state index in [2.05, 4.69) is 9.24 Å². The van der Waals surface area contributed by atoms with E-state index in [1.807, 2.05) is 12.1 Å². The molecule has 26 heavy (non-hydrogen) atoms. The number of carbonyl (C=O) groups is 1. The van der Waals surface area contributed by atoms with Crippen molar-refractivity contribution in [2.75, 3.05) is 0 Å². The Bertz CT molecular complexity index is 758. The van der Waals surface area contributed by atoms with Gasteiger partial charge in [0.25, 0.3) is 0 Å². The first-order chi connectivity index (χ1) is 12.5. The number of rotatable bonds is 4. The molecule has 5 heteroatoms. The number of hydrogen-bond acceptors (Lipinski definition) is 2. The summed E-state index contributed by atoms with van der Waals surface area (Å²) in [5.74, 6) is -1.20. The number of benzene rings is 2. The lowest BCUT2D eigenvalue weighted by Crippen LogP contribution is -2.24. The Labute approximate surface area is 155 Å². The van der Waals surface area contributed by atoms with Crippen molar-refractivity contribution in [3.8, 4) is 0 Å². The number of hydrogen-bond donors (Lipinski definition) is 0. The Morgan fingerprint density at radius 2 is 1.65 bits per heavy atom. The Balaban J connectivity index is 1.57. The molecule has 2 aromatic carbocycles. The van der Waals surface area contributed by atoms with E-state index in [4.69, 9.17) is 4.74 Å². The first-order valence-corrected chi connectivity index (χ1v) is 9.75. The van der Waals surface area contributed by atoms with E-state index in [0.717, 1.165) is 24.6 Å². The van der Waals surface area contributed by atoms with E-state index in [9.17, 15) is 13.6 Å². The molecular weight excluding hydrogens is 353 g/mol. The lowest BCUT2D eigenvalue weighted by molar-refractivity contribution is 0.0195. The summed E-state index contributed by atoms with van der Waals surface area (Å²) in [6.07, 6.45) is 3.63. The Kier molecular flexibility index (Phi) is 6.03. The van der Waals surface area contributed by atoms with Crippen LogP contribution in [0.25, 0.3) is 0 Å². The number of halogens is 2. The number of esters is 1. The summed E-state index contributed by atoms with van der Waals surface area (Å²) in [6.45, 7) is 1.44. The van der Waals surface area contributed by atoms with Crippen LogP contribution in [0, 0.1) is 18.6 Å². The second-order valence-electron chi connectivity index (χ2n) is 6.89. The van der Waals surface area contributed by atoms with E-state index in [1.165, 1.54) is 19.1 Å². The fourth-order valence-corrected chi connectivity index (χ4v) is 3.68. The molecule has 0 spiro atoms. The van der Waals surface area contributed by atoms with E-state index in [1.54, 1.807) is 12.1 Å². The molecule has 138 valence electrons. The summed E-state index contributed by atoms with van der Waals surface area (Å²) in [5.41, 5.74) is 2.45. The van der Waals surface area contributed by atoms with Gasteiger partial charge in [-0.2, -0.15) is 0 Å². The molecule has 3 rings (SSSR count). The number of carbonyl (C=O) groups excluding carboxylic acids is 1. The third kappa shape index (κ3) is 4.29. The summed E-state index contributed by atoms with van der Waals surface area (Å²) in [7, 11) is 2.65. The van der Waals surface area contributed by atoms with E-state index in [0.29, 0.717) is 24.0 Å². The van der Waals surface area contributed by atoms with Crippen molar-refractivity contribution in [2.24, 2.45) is 0 Å². The minimum atomic E-state index is -0.498. The molecule has 0 N–H and O–H groups in total. The fraction of sp³-hybridized carbons (Fsp3) is 0.381. The van der Waals surface area contributed by atoms with Crippen molar-refractivity contribution >= 4 is 15.2 Å². The van der Waals surface area contributed by atoms with Gasteiger partial charge in [-0.15, -0.1) is 9.24 Å². The molecule has 0 bridgehead atoms. The molecule has 1 saturated carbocycles. The molecule has 1 aliphatic rings. The van der Waals surface area contributed by atoms with Crippen LogP contribution in [0.3, 0.4) is 0 Å². The second-order valence-corrected chi connectivity index (χ2v) is 7.30. The van der Waals surface area contributed by atoms with Crippen molar-refractivity contribution < 1.29 is 18.3 Å². The van der Waals surface area contributed by atoms with Gasteiger partial charge in [0.15, 0.2) is 0 Å². The van der Waals surface area contributed by atoms with Gasteiger partial charge in [-0.1, -0.05) is 12.1 Å². The molecule has 1 atom stereocenters. The van der Waals surface area contributed by atoms with Crippen molar-refractivity contribution in [1.29, 1.82) is 0 Å². The maximum absolute atomic E-state index is 13.8. The molecule has 0 amide bonds. The third-order valence-electron chi connectivity index (χ3n) is 5.15. The van der Waals surface area contributed by atoms with Crippen LogP contribution in [-0.4, -0.2) is 12.1 Å². The Morgan fingerprint density at radius 3 is 2.19 bits per heavy atom. The van der Waals surface area contributed by atoms with Crippen molar-refractivity contribution in [1.82, 2.24) is 0 Å². The average molecular weight is 376 g/mol. The highest BCUT2D eigenvalue weighted by Crippen LogP contribution is 2.35. The predicted molar refractivity (Wildman–Crippen MR) is 101 cm³/mol. The minimum Gasteiger partial charge on any atom is -0.459 e. The highest BCUT2D eigenvalue weighted by atomic mass is 31.0. The molecular formula is C21H23F2O2P. The maximum Gasteiger partial charge on any atom is 0.338 e. The Hall–Kier alpha value is -1.80. The zero-order valence-electron chi connectivity index (χ0n) is 14.8. The molecule has 1 aliphatic carbocycles. The SMILES string of the molecule is Cc1c(F)cc(C2CCC(OC(=O)c3ccc(CP)cc3)CC2)cc1F. The first-order valence-electron chi connectivity index (χ1n) is 8.93. The van der Waals surface area contributed by atoms with Gasteiger partial charge in [0, 0.05) is 5.56 Å². The van der Waals surface area contributed by atoms with Gasteiger partial charge in [-0.05, 0) is 80.1 Å². The van der Waals surface area contributed by atoms with Gasteiger partial charge >= 0.3 is 5.97 Å². The molecule has 1 fully saturated rings. The van der Waals surface area contributed by atoms with E-state index in [-0.39, 0.29) is 23.6 Å². The monoisotopic (exact) mass is 376 g/mol. The van der Waals surface area contributed by atoms with Crippen LogP contribution in [-0.2, 0) is 10.9 Å². The molecule has 2 aromatic rings. The quantitative estimate of drug-likeness (QED) is 0.518. The molecule has 0 radical (unpaired) electrons. The predicted octanol–water partition coefficient (Wildman–Crippen LogP) is 5.53. The lowest BCUT2D eigenvalue weighted by Gasteiger charge is -2.28. The number of ether oxygens (including phenoxy) is 1. The second kappa shape index (κ2) is 8.26. The van der Waals surface area contributed by atoms with Gasteiger partial charge in [-0.3, -0.25) is 0 Å². The largest absolute Gasteiger partial charge is 0.459 e. The summed E-state index contributed by atoms with van der Waals surface area (Å²) in [6, 6.07) is 10.3. The van der Waals surface area contributed by atoms with Crippen LogP contribution in [0.15, 0.2) is 36.4 Å². The normalized spacial score (nSPS) is 20.0. The van der Waals surface area contributed by atoms with Crippen LogP contribution in [0.4, 0.5) is 8.78 Å². The zero-order chi connectivity index (χ0) is 18.7. The first kappa shape index (κ1) is 19.0. The van der Waals surface area contributed by atoms with E-state index >= 15 is 0 Å². The van der Waals surface area contributed by atoms with Crippen molar-refractivity contribution in [3.63, 3.8) is 0 Å². The molecule has 0 aliphatic heterocycles. The van der Waals surface area contributed by atoms with Crippen LogP contribution in [0.1, 0.15) is 58.6 Å². The summed E-state index contributed by atoms with van der Waals surface area (Å²) in [4.78, 5) is 12.3. The average Bonchev–Trinajstić information content (AvgIpc) is 2.66.